The maximum Gasteiger partial charge on any atom is 0.124 e. The van der Waals surface area contributed by atoms with Crippen LogP contribution in [0.15, 0.2) is 29.2 Å². The third-order valence-corrected chi connectivity index (χ3v) is 7.36. The van der Waals surface area contributed by atoms with E-state index in [-0.39, 0.29) is 4.90 Å². The van der Waals surface area contributed by atoms with Gasteiger partial charge in [-0.2, -0.15) is 0 Å². The summed E-state index contributed by atoms with van der Waals surface area (Å²) in [6.45, 7) is 10.5. The lowest BCUT2D eigenvalue weighted by Gasteiger charge is -2.35. The fourth-order valence-corrected chi connectivity index (χ4v) is 4.66. The Kier molecular flexibility index (Phi) is 19.3. The molecule has 0 fully saturated rings. The lowest BCUT2D eigenvalue weighted by Crippen LogP contribution is -2.46. The van der Waals surface area contributed by atoms with Crippen molar-refractivity contribution in [2.45, 2.75) is 109 Å². The summed E-state index contributed by atoms with van der Waals surface area (Å²) in [6.07, 6.45) is 18.0. The Morgan fingerprint density at radius 3 is 1.52 bits per heavy atom. The van der Waals surface area contributed by atoms with Gasteiger partial charge in [0.15, 0.2) is 0 Å². The van der Waals surface area contributed by atoms with Gasteiger partial charge in [0, 0.05) is 5.88 Å². The van der Waals surface area contributed by atoms with E-state index in [0.29, 0.717) is 0 Å². The number of benzene rings is 1. The van der Waals surface area contributed by atoms with E-state index in [0.717, 1.165) is 11.4 Å². The lowest BCUT2D eigenvalue weighted by molar-refractivity contribution is -0.910. The van der Waals surface area contributed by atoms with E-state index < -0.39 is 10.1 Å². The third-order valence-electron chi connectivity index (χ3n) is 6.24. The van der Waals surface area contributed by atoms with Crippen LogP contribution in [0.3, 0.4) is 0 Å². The molecule has 0 bridgehead atoms. The number of quaternary nitrogens is 1. The van der Waals surface area contributed by atoms with Crippen LogP contribution < -0.4 is 0 Å². The minimum Gasteiger partial charge on any atom is -0.744 e. The molecule has 33 heavy (non-hydrogen) atoms. The van der Waals surface area contributed by atoms with Crippen molar-refractivity contribution in [1.82, 2.24) is 0 Å². The third kappa shape index (κ3) is 18.4. The topological polar surface area (TPSA) is 57.2 Å². The average molecular weight is 504 g/mol. The van der Waals surface area contributed by atoms with Crippen LogP contribution in [-0.2, 0) is 10.1 Å². The van der Waals surface area contributed by atoms with E-state index in [4.69, 9.17) is 11.6 Å². The molecule has 0 spiro atoms. The molecule has 1 rings (SSSR count). The Hall–Kier alpha value is -0.620. The van der Waals surface area contributed by atoms with Gasteiger partial charge >= 0.3 is 0 Å². The van der Waals surface area contributed by atoms with Gasteiger partial charge in [0.25, 0.3) is 0 Å². The molecular weight excluding hydrogens is 454 g/mol. The van der Waals surface area contributed by atoms with Crippen LogP contribution in [0.25, 0.3) is 0 Å². The molecule has 194 valence electrons. The number of aryl methyl sites for hydroxylation is 1. The van der Waals surface area contributed by atoms with Crippen LogP contribution in [-0.4, -0.2) is 50.0 Å². The summed E-state index contributed by atoms with van der Waals surface area (Å²) in [4.78, 5) is -0.178. The van der Waals surface area contributed by atoms with Gasteiger partial charge in [0.2, 0.25) is 0 Å². The Morgan fingerprint density at radius 1 is 0.727 bits per heavy atom. The van der Waals surface area contributed by atoms with E-state index in [9.17, 15) is 13.0 Å². The number of hydrogen-bond donors (Lipinski definition) is 0. The minimum atomic E-state index is -4.27. The highest BCUT2D eigenvalue weighted by molar-refractivity contribution is 7.85. The van der Waals surface area contributed by atoms with Crippen molar-refractivity contribution in [2.75, 3.05) is 32.6 Å². The summed E-state index contributed by atoms with van der Waals surface area (Å²) in [5.74, 6) is 0.827. The highest BCUT2D eigenvalue weighted by Crippen LogP contribution is 2.15. The number of rotatable bonds is 18. The first-order chi connectivity index (χ1) is 15.7. The zero-order chi connectivity index (χ0) is 25.0. The summed E-state index contributed by atoms with van der Waals surface area (Å²) in [7, 11) is -1.78. The van der Waals surface area contributed by atoms with Gasteiger partial charge in [-0.15, -0.1) is 11.6 Å². The fraction of sp³-hybridized carbons (Fsp3) is 0.778. The van der Waals surface area contributed by atoms with Gasteiger partial charge in [0.1, 0.15) is 10.1 Å². The van der Waals surface area contributed by atoms with Crippen molar-refractivity contribution in [3.63, 3.8) is 0 Å². The first-order valence-corrected chi connectivity index (χ1v) is 15.0. The van der Waals surface area contributed by atoms with Gasteiger partial charge in [-0.3, -0.25) is 0 Å². The molecule has 0 aliphatic rings. The molecule has 0 saturated heterocycles. The first kappa shape index (κ1) is 32.4. The summed E-state index contributed by atoms with van der Waals surface area (Å²) >= 11 is 5.86. The second-order valence-electron chi connectivity index (χ2n) is 9.64. The minimum absolute atomic E-state index is 0.178. The van der Waals surface area contributed by atoms with E-state index in [2.05, 4.69) is 20.9 Å². The molecule has 1 unspecified atom stereocenters. The molecule has 1 aromatic rings. The van der Waals surface area contributed by atoms with Crippen LogP contribution in [0.2, 0.25) is 0 Å². The van der Waals surface area contributed by atoms with Gasteiger partial charge < -0.3 is 9.04 Å². The number of halogens is 1. The van der Waals surface area contributed by atoms with E-state index in [1.165, 1.54) is 120 Å². The molecule has 6 heteroatoms. The van der Waals surface area contributed by atoms with Gasteiger partial charge in [-0.25, -0.2) is 8.42 Å². The Labute approximate surface area is 210 Å². The normalized spacial score (nSPS) is 13.3. The van der Waals surface area contributed by atoms with E-state index in [1.807, 2.05) is 6.92 Å². The number of unbranched alkanes of at least 4 members (excludes halogenated alkanes) is 10. The molecule has 0 aromatic heterocycles. The Balaban J connectivity index is 0.000000771. The Bertz CT molecular complexity index is 679. The van der Waals surface area contributed by atoms with E-state index in [1.54, 1.807) is 12.1 Å². The molecule has 0 aliphatic heterocycles. The van der Waals surface area contributed by atoms with Crippen molar-refractivity contribution in [3.05, 3.63) is 29.8 Å². The van der Waals surface area contributed by atoms with Gasteiger partial charge in [-0.1, -0.05) is 76.5 Å². The van der Waals surface area contributed by atoms with Gasteiger partial charge in [0.05, 0.1) is 31.6 Å². The highest BCUT2D eigenvalue weighted by atomic mass is 35.5. The molecule has 1 atom stereocenters. The molecule has 0 heterocycles. The molecule has 4 nitrogen and oxygen atoms in total. The molecule has 0 amide bonds. The molecule has 0 radical (unpaired) electrons. The number of hydrogen-bond acceptors (Lipinski definition) is 3. The van der Waals surface area contributed by atoms with Crippen LogP contribution in [0.4, 0.5) is 0 Å². The zero-order valence-corrected chi connectivity index (χ0v) is 23.4. The second-order valence-corrected chi connectivity index (χ2v) is 11.4. The first-order valence-electron chi connectivity index (χ1n) is 13.1. The van der Waals surface area contributed by atoms with E-state index >= 15 is 0 Å². The predicted molar refractivity (Wildman–Crippen MR) is 142 cm³/mol. The lowest BCUT2D eigenvalue weighted by atomic mass is 10.1. The number of nitrogens with zero attached hydrogens (tertiary/aromatic N) is 1. The molecule has 1 aromatic carbocycles. The largest absolute Gasteiger partial charge is 0.744 e. The molecular formula is C27H50ClNO3S. The van der Waals surface area contributed by atoms with Crippen LogP contribution in [0.1, 0.15) is 103 Å². The van der Waals surface area contributed by atoms with Crippen molar-refractivity contribution in [3.8, 4) is 0 Å². The Morgan fingerprint density at radius 2 is 1.12 bits per heavy atom. The summed E-state index contributed by atoms with van der Waals surface area (Å²) in [5, 5.41) is 0. The number of alkyl halides is 1. The van der Waals surface area contributed by atoms with Crippen molar-refractivity contribution < 1.29 is 17.5 Å². The maximum absolute atomic E-state index is 10.4. The highest BCUT2D eigenvalue weighted by Gasteiger charge is 2.19. The zero-order valence-electron chi connectivity index (χ0n) is 21.8. The summed E-state index contributed by atoms with van der Waals surface area (Å²) < 4.78 is 32.5. The monoisotopic (exact) mass is 503 g/mol. The molecule has 0 saturated carbocycles. The smallest absolute Gasteiger partial charge is 0.124 e. The standard InChI is InChI=1S/C20H43ClN.C7H8O3S/c1-4-6-8-10-12-15-19-22(3,20-16-13-17-21)18-14-11-9-7-5-2;1-6-2-4-7(5-3-6)11(8,9)10/h4-20H2,1-3H3;2-5H,1H3,(H,8,9,10)/q+1;/p-1. The average Bonchev–Trinajstić information content (AvgIpc) is 2.76. The van der Waals surface area contributed by atoms with Crippen LogP contribution in [0, 0.1) is 6.92 Å². The van der Waals surface area contributed by atoms with Crippen molar-refractivity contribution in [1.29, 1.82) is 0 Å². The predicted octanol–water partition coefficient (Wildman–Crippen LogP) is 7.68. The quantitative estimate of drug-likeness (QED) is 0.0892. The van der Waals surface area contributed by atoms with Crippen LogP contribution >= 0.6 is 11.6 Å². The SMILES string of the molecule is CCCCCCCC[N+](C)(CCCCCl)CCCCCCC.Cc1ccc(S(=O)(=O)[O-])cc1. The van der Waals surface area contributed by atoms with Gasteiger partial charge in [-0.05, 0) is 57.6 Å². The maximum atomic E-state index is 10.4. The summed E-state index contributed by atoms with van der Waals surface area (Å²) in [6, 6.07) is 5.78. The van der Waals surface area contributed by atoms with Crippen molar-refractivity contribution in [2.24, 2.45) is 0 Å². The molecule has 0 N–H and O–H groups in total. The fourth-order valence-electron chi connectivity index (χ4n) is 4.00. The van der Waals surface area contributed by atoms with Crippen LogP contribution in [0.5, 0.6) is 0 Å². The second kappa shape index (κ2) is 19.7. The molecule has 0 aliphatic carbocycles. The van der Waals surface area contributed by atoms with Crippen molar-refractivity contribution >= 4 is 21.7 Å². The summed E-state index contributed by atoms with van der Waals surface area (Å²) in [5.41, 5.74) is 0.928.